The largest absolute Gasteiger partial charge is 0.453 e. The molecule has 3 unspecified atom stereocenters. The van der Waals surface area contributed by atoms with Crippen LogP contribution >= 0.6 is 0 Å². The van der Waals surface area contributed by atoms with Gasteiger partial charge < -0.3 is 34.6 Å². The Morgan fingerprint density at radius 3 is 2.07 bits per heavy atom. The smallest absolute Gasteiger partial charge is 0.407 e. The van der Waals surface area contributed by atoms with Crippen molar-refractivity contribution in [2.45, 2.75) is 43.8 Å². The maximum atomic E-state index is 14.0. The molecule has 0 saturated carbocycles. The summed E-state index contributed by atoms with van der Waals surface area (Å²) in [6, 6.07) is 30.6. The number of aryl methyl sites for hydroxylation is 1. The van der Waals surface area contributed by atoms with Crippen molar-refractivity contribution < 1.29 is 23.9 Å². The van der Waals surface area contributed by atoms with Gasteiger partial charge in [0.15, 0.2) is 0 Å². The lowest BCUT2D eigenvalue weighted by atomic mass is 10.0. The fraction of sp³-hybridized carbons (Fsp3) is 0.250. The number of nitrogens with zero attached hydrogens (tertiary/aromatic N) is 4. The minimum absolute atomic E-state index is 0.131. The molecule has 12 heteroatoms. The van der Waals surface area contributed by atoms with Gasteiger partial charge in [-0.3, -0.25) is 9.59 Å². The average molecular weight is 748 g/mol. The third kappa shape index (κ3) is 6.62. The van der Waals surface area contributed by atoms with Crippen LogP contribution in [0.4, 0.5) is 10.5 Å². The van der Waals surface area contributed by atoms with Gasteiger partial charge in [0, 0.05) is 19.4 Å². The molecule has 3 aliphatic heterocycles. The van der Waals surface area contributed by atoms with Crippen LogP contribution in [0.3, 0.4) is 0 Å². The SMILES string of the molecule is COC(=O)NC(C(=O)N1CCOCC1c1ncc(-c2ccc(-c3ccc(-c4cnc(C5Cc6cccc7c6N5C(=O)CCC7)[nH]4)cc3)cc2)[nH]1)c1ccccc1. The summed E-state index contributed by atoms with van der Waals surface area (Å²) in [6.07, 6.45) is 6.04. The van der Waals surface area contributed by atoms with E-state index in [1.807, 2.05) is 41.4 Å². The Balaban J connectivity index is 0.889. The maximum Gasteiger partial charge on any atom is 0.407 e. The van der Waals surface area contributed by atoms with Crippen LogP contribution in [0.15, 0.2) is 109 Å². The molecule has 9 rings (SSSR count). The number of aromatic amines is 2. The first-order chi connectivity index (χ1) is 27.4. The van der Waals surface area contributed by atoms with Crippen LogP contribution in [0.2, 0.25) is 0 Å². The molecule has 0 spiro atoms. The molecule has 1 fully saturated rings. The molecule has 2 aromatic heterocycles. The monoisotopic (exact) mass is 747 g/mol. The quantitative estimate of drug-likeness (QED) is 0.151. The van der Waals surface area contributed by atoms with Gasteiger partial charge in [0.2, 0.25) is 5.91 Å². The molecule has 6 aromatic rings. The molecule has 3 aliphatic rings. The summed E-state index contributed by atoms with van der Waals surface area (Å²) in [5.41, 5.74) is 10.0. The van der Waals surface area contributed by atoms with Gasteiger partial charge in [0.1, 0.15) is 23.7 Å². The van der Waals surface area contributed by atoms with Crippen molar-refractivity contribution in [3.8, 4) is 33.6 Å². The molecule has 282 valence electrons. The third-order valence-corrected chi connectivity index (χ3v) is 11.1. The van der Waals surface area contributed by atoms with Gasteiger partial charge >= 0.3 is 6.09 Å². The van der Waals surface area contributed by atoms with Crippen LogP contribution in [0, 0.1) is 0 Å². The van der Waals surface area contributed by atoms with Crippen molar-refractivity contribution in [3.05, 3.63) is 138 Å². The number of para-hydroxylation sites is 1. The second kappa shape index (κ2) is 15.0. The number of rotatable bonds is 8. The van der Waals surface area contributed by atoms with E-state index in [1.165, 1.54) is 18.2 Å². The topological polar surface area (TPSA) is 146 Å². The number of benzene rings is 4. The van der Waals surface area contributed by atoms with E-state index in [4.69, 9.17) is 14.5 Å². The first kappa shape index (κ1) is 35.2. The van der Waals surface area contributed by atoms with Crippen molar-refractivity contribution in [1.82, 2.24) is 30.2 Å². The van der Waals surface area contributed by atoms with E-state index in [-0.39, 0.29) is 24.5 Å². The Morgan fingerprint density at radius 2 is 1.41 bits per heavy atom. The predicted molar refractivity (Wildman–Crippen MR) is 210 cm³/mol. The summed E-state index contributed by atoms with van der Waals surface area (Å²) in [5, 5.41) is 2.70. The zero-order valence-corrected chi connectivity index (χ0v) is 30.9. The summed E-state index contributed by atoms with van der Waals surface area (Å²) < 4.78 is 10.6. The fourth-order valence-corrected chi connectivity index (χ4v) is 8.20. The zero-order chi connectivity index (χ0) is 38.2. The number of anilines is 1. The second-order valence-electron chi connectivity index (χ2n) is 14.4. The molecule has 3 amide bonds. The minimum atomic E-state index is -0.928. The average Bonchev–Trinajstić information content (AvgIpc) is 4.01. The van der Waals surface area contributed by atoms with Crippen LogP contribution in [-0.4, -0.2) is 69.6 Å². The Hall–Kier alpha value is -6.53. The minimum Gasteiger partial charge on any atom is -0.453 e. The van der Waals surface area contributed by atoms with Crippen LogP contribution in [0.25, 0.3) is 33.6 Å². The van der Waals surface area contributed by atoms with Crippen molar-refractivity contribution in [1.29, 1.82) is 0 Å². The Bertz CT molecular complexity index is 2390. The zero-order valence-electron chi connectivity index (χ0n) is 30.9. The Kier molecular flexibility index (Phi) is 9.40. The van der Waals surface area contributed by atoms with E-state index in [9.17, 15) is 14.4 Å². The number of nitrogens with one attached hydrogen (secondary N) is 3. The number of H-pyrrole nitrogens is 2. The van der Waals surface area contributed by atoms with Gasteiger partial charge in [-0.05, 0) is 51.8 Å². The second-order valence-corrected chi connectivity index (χ2v) is 14.4. The normalized spacial score (nSPS) is 18.3. The first-order valence-corrected chi connectivity index (χ1v) is 19.0. The number of alkyl carbamates (subject to hydrolysis) is 1. The number of morpholine rings is 1. The van der Waals surface area contributed by atoms with Crippen LogP contribution in [-0.2, 0) is 31.9 Å². The van der Waals surface area contributed by atoms with Gasteiger partial charge in [-0.25, -0.2) is 14.8 Å². The Morgan fingerprint density at radius 1 is 0.786 bits per heavy atom. The van der Waals surface area contributed by atoms with Crippen LogP contribution < -0.4 is 10.2 Å². The molecule has 4 aromatic carbocycles. The van der Waals surface area contributed by atoms with E-state index in [2.05, 4.69) is 74.9 Å². The van der Waals surface area contributed by atoms with Crippen molar-refractivity contribution in [2.75, 3.05) is 31.8 Å². The van der Waals surface area contributed by atoms with Crippen molar-refractivity contribution >= 4 is 23.6 Å². The number of carbonyl (C=O) groups is 3. The molecule has 0 radical (unpaired) electrons. The number of methoxy groups -OCH3 is 1. The van der Waals surface area contributed by atoms with E-state index in [0.717, 1.165) is 64.4 Å². The molecular weight excluding hydrogens is 707 g/mol. The van der Waals surface area contributed by atoms with Gasteiger partial charge in [-0.15, -0.1) is 0 Å². The highest BCUT2D eigenvalue weighted by atomic mass is 16.5. The highest BCUT2D eigenvalue weighted by molar-refractivity contribution is 5.98. The molecule has 56 heavy (non-hydrogen) atoms. The summed E-state index contributed by atoms with van der Waals surface area (Å²) in [5.74, 6) is 1.30. The van der Waals surface area contributed by atoms with Crippen LogP contribution in [0.5, 0.6) is 0 Å². The number of hydrogen-bond donors (Lipinski definition) is 3. The number of carbonyl (C=O) groups excluding carboxylic acids is 3. The molecule has 0 aliphatic carbocycles. The van der Waals surface area contributed by atoms with Crippen molar-refractivity contribution in [2.24, 2.45) is 0 Å². The highest BCUT2D eigenvalue weighted by Crippen LogP contribution is 2.44. The lowest BCUT2D eigenvalue weighted by Gasteiger charge is -2.36. The molecule has 3 atom stereocenters. The van der Waals surface area contributed by atoms with Gasteiger partial charge in [0.05, 0.1) is 55.8 Å². The van der Waals surface area contributed by atoms with Gasteiger partial charge in [-0.2, -0.15) is 0 Å². The summed E-state index contributed by atoms with van der Waals surface area (Å²) in [6.45, 7) is 0.982. The van der Waals surface area contributed by atoms with Gasteiger partial charge in [0.25, 0.3) is 5.91 Å². The maximum absolute atomic E-state index is 14.0. The van der Waals surface area contributed by atoms with E-state index >= 15 is 0 Å². The number of hydrogen-bond acceptors (Lipinski definition) is 7. The Labute approximate surface area is 323 Å². The lowest BCUT2D eigenvalue weighted by molar-refractivity contribution is -0.143. The number of aromatic nitrogens is 4. The third-order valence-electron chi connectivity index (χ3n) is 11.1. The van der Waals surface area contributed by atoms with E-state index < -0.39 is 18.2 Å². The number of imidazole rings is 2. The number of ether oxygens (including phenoxy) is 2. The first-order valence-electron chi connectivity index (χ1n) is 19.0. The van der Waals surface area contributed by atoms with E-state index in [1.54, 1.807) is 23.2 Å². The van der Waals surface area contributed by atoms with E-state index in [0.29, 0.717) is 31.0 Å². The summed E-state index contributed by atoms with van der Waals surface area (Å²) in [7, 11) is 1.27. The fourth-order valence-electron chi connectivity index (χ4n) is 8.20. The number of amides is 3. The highest BCUT2D eigenvalue weighted by Gasteiger charge is 2.39. The molecule has 0 bridgehead atoms. The van der Waals surface area contributed by atoms with Gasteiger partial charge in [-0.1, -0.05) is 97.1 Å². The lowest BCUT2D eigenvalue weighted by Crippen LogP contribution is -2.49. The molecule has 1 saturated heterocycles. The summed E-state index contributed by atoms with van der Waals surface area (Å²) in [4.78, 5) is 59.5. The standard InChI is InChI=1S/C44H41N7O5/c1-55-44(54)49-39(31-7-3-2-4-8-31)43(53)50-21-22-56-26-37(50)42-46-25-35(48-42)30-19-15-28(16-20-30)27-13-17-29(18-14-27)34-24-45-41(47-34)36-23-33-11-5-9-32-10-6-12-38(52)51(36)40(32)33/h2-5,7-9,11,13-20,24-25,36-37,39H,6,10,12,21-23,26H2,1H3,(H,45,47)(H,46,48)(H,49,54). The molecular formula is C44H41N7O5. The molecule has 5 heterocycles. The molecule has 3 N–H and O–H groups in total. The predicted octanol–water partition coefficient (Wildman–Crippen LogP) is 7.10. The molecule has 12 nitrogen and oxygen atoms in total. The van der Waals surface area contributed by atoms with Crippen molar-refractivity contribution in [3.63, 3.8) is 0 Å². The summed E-state index contributed by atoms with van der Waals surface area (Å²) >= 11 is 0. The van der Waals surface area contributed by atoms with Crippen LogP contribution in [0.1, 0.15) is 59.3 Å².